The second-order valence-corrected chi connectivity index (χ2v) is 7.69. The van der Waals surface area contributed by atoms with Gasteiger partial charge in [0.15, 0.2) is 0 Å². The van der Waals surface area contributed by atoms with Gasteiger partial charge < -0.3 is 25.0 Å². The number of anilines is 1. The van der Waals surface area contributed by atoms with Gasteiger partial charge in [0.1, 0.15) is 12.3 Å². The summed E-state index contributed by atoms with van der Waals surface area (Å²) in [6, 6.07) is 3.68. The van der Waals surface area contributed by atoms with Crippen LogP contribution in [-0.2, 0) is 14.3 Å². The van der Waals surface area contributed by atoms with Crippen LogP contribution in [0.3, 0.4) is 0 Å². The number of hydrogen-bond acceptors (Lipinski definition) is 8. The van der Waals surface area contributed by atoms with Crippen LogP contribution in [0.5, 0.6) is 0 Å². The summed E-state index contributed by atoms with van der Waals surface area (Å²) in [5.41, 5.74) is 0.547. The van der Waals surface area contributed by atoms with Crippen molar-refractivity contribution in [3.05, 3.63) is 45.1 Å². The molecule has 1 saturated heterocycles. The zero-order valence-electron chi connectivity index (χ0n) is 18.0. The van der Waals surface area contributed by atoms with Gasteiger partial charge in [0.05, 0.1) is 34.9 Å². The molecule has 32 heavy (non-hydrogen) atoms. The predicted molar refractivity (Wildman–Crippen MR) is 114 cm³/mol. The standard InChI is InChI=1S/C21H26N4O7/c1-3-31-20(27)15-11-22-21(28)23-16(15)12-32-19(26)14-4-5-17(18(10-14)25(29)30)24-8-6-13(2)7-9-24/h4-5,10,13H,3,6-9,11-12H2,1-2H3,(H2,22,23,28). The zero-order valence-corrected chi connectivity index (χ0v) is 18.0. The highest BCUT2D eigenvalue weighted by Gasteiger charge is 2.27. The van der Waals surface area contributed by atoms with Crippen molar-refractivity contribution in [2.24, 2.45) is 5.92 Å². The molecule has 11 nitrogen and oxygen atoms in total. The summed E-state index contributed by atoms with van der Waals surface area (Å²) in [4.78, 5) is 49.3. The number of piperidine rings is 1. The van der Waals surface area contributed by atoms with Crippen LogP contribution in [0.2, 0.25) is 0 Å². The quantitative estimate of drug-likeness (QED) is 0.369. The number of nitrogens with zero attached hydrogens (tertiary/aromatic N) is 2. The van der Waals surface area contributed by atoms with E-state index in [2.05, 4.69) is 17.6 Å². The molecule has 1 aromatic rings. The van der Waals surface area contributed by atoms with Crippen molar-refractivity contribution in [1.82, 2.24) is 10.6 Å². The van der Waals surface area contributed by atoms with E-state index in [1.165, 1.54) is 12.1 Å². The first kappa shape index (κ1) is 23.0. The van der Waals surface area contributed by atoms with Crippen LogP contribution in [0.4, 0.5) is 16.2 Å². The Bertz CT molecular complexity index is 951. The minimum Gasteiger partial charge on any atom is -0.463 e. The van der Waals surface area contributed by atoms with Crippen molar-refractivity contribution in [1.29, 1.82) is 0 Å². The minimum absolute atomic E-state index is 0.00405. The van der Waals surface area contributed by atoms with Crippen molar-refractivity contribution in [3.8, 4) is 0 Å². The van der Waals surface area contributed by atoms with Crippen molar-refractivity contribution in [2.75, 3.05) is 37.7 Å². The first-order valence-corrected chi connectivity index (χ1v) is 10.4. The largest absolute Gasteiger partial charge is 0.463 e. The summed E-state index contributed by atoms with van der Waals surface area (Å²) >= 11 is 0. The normalized spacial score (nSPS) is 16.8. The highest BCUT2D eigenvalue weighted by Crippen LogP contribution is 2.32. The van der Waals surface area contributed by atoms with E-state index in [0.29, 0.717) is 24.7 Å². The fraction of sp³-hybridized carbons (Fsp3) is 0.476. The van der Waals surface area contributed by atoms with Crippen molar-refractivity contribution < 1.29 is 28.8 Å². The number of rotatable bonds is 7. The smallest absolute Gasteiger partial charge is 0.338 e. The Kier molecular flexibility index (Phi) is 7.29. The third-order valence-corrected chi connectivity index (χ3v) is 5.46. The Labute approximate surface area is 184 Å². The van der Waals surface area contributed by atoms with E-state index in [1.807, 2.05) is 4.90 Å². The van der Waals surface area contributed by atoms with Gasteiger partial charge >= 0.3 is 18.0 Å². The molecule has 172 valence electrons. The highest BCUT2D eigenvalue weighted by molar-refractivity contribution is 5.94. The minimum atomic E-state index is -0.810. The molecule has 2 aliphatic rings. The maximum absolute atomic E-state index is 12.6. The predicted octanol–water partition coefficient (Wildman–Crippen LogP) is 2.12. The molecule has 2 heterocycles. The number of nitro benzene ring substituents is 1. The molecule has 2 aliphatic heterocycles. The van der Waals surface area contributed by atoms with Crippen molar-refractivity contribution in [2.45, 2.75) is 26.7 Å². The van der Waals surface area contributed by atoms with Gasteiger partial charge in [-0.1, -0.05) is 6.92 Å². The number of urea groups is 1. The number of hydrogen-bond donors (Lipinski definition) is 2. The molecule has 0 atom stereocenters. The molecule has 2 amide bonds. The lowest BCUT2D eigenvalue weighted by molar-refractivity contribution is -0.384. The SMILES string of the molecule is CCOC(=O)C1=C(COC(=O)c2ccc(N3CCC(C)CC3)c([N+](=O)[O-])c2)NC(=O)NC1. The average molecular weight is 446 g/mol. The van der Waals surface area contributed by atoms with Crippen LogP contribution in [-0.4, -0.2) is 55.7 Å². The number of nitro groups is 1. The second-order valence-electron chi connectivity index (χ2n) is 7.69. The van der Waals surface area contributed by atoms with Gasteiger partial charge in [-0.05, 0) is 37.8 Å². The summed E-state index contributed by atoms with van der Waals surface area (Å²) in [5, 5.41) is 16.5. The van der Waals surface area contributed by atoms with E-state index in [4.69, 9.17) is 9.47 Å². The molecule has 1 fully saturated rings. The Morgan fingerprint density at radius 3 is 2.59 bits per heavy atom. The van der Waals surface area contributed by atoms with Crippen LogP contribution >= 0.6 is 0 Å². The van der Waals surface area contributed by atoms with Gasteiger partial charge in [0.25, 0.3) is 5.69 Å². The van der Waals surface area contributed by atoms with Crippen molar-refractivity contribution >= 4 is 29.3 Å². The summed E-state index contributed by atoms with van der Waals surface area (Å²) in [7, 11) is 0. The van der Waals surface area contributed by atoms with Gasteiger partial charge in [0.2, 0.25) is 0 Å². The number of nitrogens with one attached hydrogen (secondary N) is 2. The zero-order chi connectivity index (χ0) is 23.3. The Balaban J connectivity index is 1.75. The van der Waals surface area contributed by atoms with Crippen LogP contribution in [0.1, 0.15) is 37.0 Å². The van der Waals surface area contributed by atoms with Crippen LogP contribution < -0.4 is 15.5 Å². The summed E-state index contributed by atoms with van der Waals surface area (Å²) in [6.07, 6.45) is 1.89. The van der Waals surface area contributed by atoms with Crippen LogP contribution in [0.25, 0.3) is 0 Å². The van der Waals surface area contributed by atoms with Gasteiger partial charge in [0, 0.05) is 19.2 Å². The summed E-state index contributed by atoms with van der Waals surface area (Å²) in [5.74, 6) is -0.874. The molecule has 0 bridgehead atoms. The molecule has 11 heteroatoms. The number of carbonyl (C=O) groups is 3. The van der Waals surface area contributed by atoms with E-state index in [9.17, 15) is 24.5 Å². The molecule has 2 N–H and O–H groups in total. The van der Waals surface area contributed by atoms with E-state index in [0.717, 1.165) is 12.8 Å². The number of ether oxygens (including phenoxy) is 2. The van der Waals surface area contributed by atoms with Gasteiger partial charge in [-0.25, -0.2) is 14.4 Å². The Hall–Kier alpha value is -3.63. The second kappa shape index (κ2) is 10.1. The number of esters is 2. The molecule has 0 saturated carbocycles. The first-order chi connectivity index (χ1) is 15.3. The van der Waals surface area contributed by atoms with Gasteiger partial charge in [-0.2, -0.15) is 0 Å². The number of carbonyl (C=O) groups excluding carboxylic acids is 3. The Morgan fingerprint density at radius 1 is 1.22 bits per heavy atom. The van der Waals surface area contributed by atoms with E-state index >= 15 is 0 Å². The lowest BCUT2D eigenvalue weighted by atomic mass is 9.98. The number of amides is 2. The summed E-state index contributed by atoms with van der Waals surface area (Å²) in [6.45, 7) is 4.92. The molecule has 0 unspecified atom stereocenters. The fourth-order valence-electron chi connectivity index (χ4n) is 3.60. The first-order valence-electron chi connectivity index (χ1n) is 10.4. The van der Waals surface area contributed by atoms with E-state index in [1.54, 1.807) is 13.0 Å². The molecule has 0 aromatic heterocycles. The lowest BCUT2D eigenvalue weighted by Crippen LogP contribution is -2.45. The van der Waals surface area contributed by atoms with Crippen LogP contribution in [0.15, 0.2) is 29.5 Å². The molecule has 0 radical (unpaired) electrons. The van der Waals surface area contributed by atoms with Crippen molar-refractivity contribution in [3.63, 3.8) is 0 Å². The van der Waals surface area contributed by atoms with Gasteiger partial charge in [-0.3, -0.25) is 10.1 Å². The molecule has 0 spiro atoms. The average Bonchev–Trinajstić information content (AvgIpc) is 2.77. The molecular weight excluding hydrogens is 420 g/mol. The molecular formula is C21H26N4O7. The maximum Gasteiger partial charge on any atom is 0.338 e. The van der Waals surface area contributed by atoms with E-state index in [-0.39, 0.29) is 42.3 Å². The third-order valence-electron chi connectivity index (χ3n) is 5.46. The van der Waals surface area contributed by atoms with Crippen LogP contribution in [0, 0.1) is 16.0 Å². The summed E-state index contributed by atoms with van der Waals surface area (Å²) < 4.78 is 10.2. The monoisotopic (exact) mass is 446 g/mol. The number of benzene rings is 1. The molecule has 1 aromatic carbocycles. The third kappa shape index (κ3) is 5.34. The topological polar surface area (TPSA) is 140 Å². The fourth-order valence-corrected chi connectivity index (χ4v) is 3.60. The molecule has 0 aliphatic carbocycles. The lowest BCUT2D eigenvalue weighted by Gasteiger charge is -2.31. The molecule has 3 rings (SSSR count). The Morgan fingerprint density at radius 2 is 1.94 bits per heavy atom. The van der Waals surface area contributed by atoms with E-state index < -0.39 is 22.9 Å². The highest BCUT2D eigenvalue weighted by atomic mass is 16.6. The van der Waals surface area contributed by atoms with Gasteiger partial charge in [-0.15, -0.1) is 0 Å². The maximum atomic E-state index is 12.6.